The highest BCUT2D eigenvalue weighted by atomic mass is 35.5. The van der Waals surface area contributed by atoms with E-state index in [2.05, 4.69) is 22.3 Å². The Morgan fingerprint density at radius 3 is 2.50 bits per heavy atom. The molecule has 6 heteroatoms. The molecule has 0 bridgehead atoms. The zero-order chi connectivity index (χ0) is 13.4. The van der Waals surface area contributed by atoms with Crippen LogP contribution in [0.25, 0.3) is 0 Å². The van der Waals surface area contributed by atoms with Gasteiger partial charge in [-0.05, 0) is 38.2 Å². The van der Waals surface area contributed by atoms with E-state index in [4.69, 9.17) is 5.73 Å². The number of rotatable bonds is 7. The molecule has 1 aromatic carbocycles. The van der Waals surface area contributed by atoms with Crippen LogP contribution in [-0.4, -0.2) is 31.4 Å². The summed E-state index contributed by atoms with van der Waals surface area (Å²) in [4.78, 5) is 13.6. The van der Waals surface area contributed by atoms with Gasteiger partial charge in [0, 0.05) is 19.5 Å². The molecule has 0 unspecified atom stereocenters. The maximum Gasteiger partial charge on any atom is 0.220 e. The Morgan fingerprint density at radius 2 is 1.90 bits per heavy atom. The van der Waals surface area contributed by atoms with E-state index in [-0.39, 0.29) is 30.7 Å². The number of carbonyl (C=O) groups is 1. The molecule has 0 aromatic heterocycles. The van der Waals surface area contributed by atoms with Crippen molar-refractivity contribution in [2.75, 3.05) is 20.6 Å². The highest BCUT2D eigenvalue weighted by molar-refractivity contribution is 5.85. The number of benzene rings is 1. The van der Waals surface area contributed by atoms with E-state index < -0.39 is 0 Å². The number of amides is 1. The van der Waals surface area contributed by atoms with E-state index in [1.807, 2.05) is 26.2 Å². The normalized spacial score (nSPS) is 9.60. The molecule has 0 aliphatic carbocycles. The van der Waals surface area contributed by atoms with Crippen molar-refractivity contribution in [1.82, 2.24) is 10.2 Å². The maximum absolute atomic E-state index is 11.5. The first-order valence-corrected chi connectivity index (χ1v) is 6.31. The predicted molar refractivity (Wildman–Crippen MR) is 88.5 cm³/mol. The van der Waals surface area contributed by atoms with Crippen LogP contribution in [0, 0.1) is 0 Å². The summed E-state index contributed by atoms with van der Waals surface area (Å²) in [5.41, 5.74) is 7.76. The molecule has 0 fully saturated rings. The van der Waals surface area contributed by atoms with Gasteiger partial charge in [-0.3, -0.25) is 4.79 Å². The van der Waals surface area contributed by atoms with Crippen LogP contribution >= 0.6 is 24.8 Å². The minimum Gasteiger partial charge on any atom is -0.352 e. The van der Waals surface area contributed by atoms with Gasteiger partial charge in [-0.2, -0.15) is 0 Å². The smallest absolute Gasteiger partial charge is 0.220 e. The summed E-state index contributed by atoms with van der Waals surface area (Å²) in [5, 5.41) is 2.91. The van der Waals surface area contributed by atoms with Crippen LogP contribution in [0.5, 0.6) is 0 Å². The first-order chi connectivity index (χ1) is 8.61. The van der Waals surface area contributed by atoms with Crippen molar-refractivity contribution in [2.24, 2.45) is 5.73 Å². The van der Waals surface area contributed by atoms with Crippen molar-refractivity contribution in [3.8, 4) is 0 Å². The molecule has 116 valence electrons. The predicted octanol–water partition coefficient (Wildman–Crippen LogP) is 1.95. The Hall–Kier alpha value is -0.810. The van der Waals surface area contributed by atoms with Gasteiger partial charge in [-0.1, -0.05) is 24.3 Å². The van der Waals surface area contributed by atoms with Crippen LogP contribution in [0.3, 0.4) is 0 Å². The van der Waals surface area contributed by atoms with E-state index in [0.717, 1.165) is 18.5 Å². The van der Waals surface area contributed by atoms with Crippen LogP contribution in [-0.2, 0) is 17.9 Å². The fourth-order valence-corrected chi connectivity index (χ4v) is 1.75. The molecule has 0 heterocycles. The number of hydrogen-bond acceptors (Lipinski definition) is 3. The minimum absolute atomic E-state index is 0. The first-order valence-electron chi connectivity index (χ1n) is 6.31. The lowest BCUT2D eigenvalue weighted by atomic mass is 10.1. The van der Waals surface area contributed by atoms with Crippen LogP contribution in [0.2, 0.25) is 0 Å². The second-order valence-electron chi connectivity index (χ2n) is 4.73. The minimum atomic E-state index is 0. The molecular formula is C14H25Cl2N3O. The van der Waals surface area contributed by atoms with Crippen molar-refractivity contribution in [3.05, 3.63) is 35.4 Å². The fraction of sp³-hybridized carbons (Fsp3) is 0.500. The van der Waals surface area contributed by atoms with Crippen LogP contribution in [0.15, 0.2) is 24.3 Å². The summed E-state index contributed by atoms with van der Waals surface area (Å²) in [6.45, 7) is 2.06. The Morgan fingerprint density at radius 1 is 1.25 bits per heavy atom. The second-order valence-corrected chi connectivity index (χ2v) is 4.73. The van der Waals surface area contributed by atoms with Crippen molar-refractivity contribution in [1.29, 1.82) is 0 Å². The fourth-order valence-electron chi connectivity index (χ4n) is 1.75. The Labute approximate surface area is 133 Å². The van der Waals surface area contributed by atoms with Gasteiger partial charge < -0.3 is 16.0 Å². The average Bonchev–Trinajstić information content (AvgIpc) is 2.33. The third kappa shape index (κ3) is 9.15. The van der Waals surface area contributed by atoms with Gasteiger partial charge in [0.15, 0.2) is 0 Å². The van der Waals surface area contributed by atoms with Crippen molar-refractivity contribution >= 4 is 30.7 Å². The SMILES string of the molecule is CN(C)Cc1cccc(CNC(=O)CCCN)c1.Cl.Cl. The van der Waals surface area contributed by atoms with E-state index in [0.29, 0.717) is 19.5 Å². The van der Waals surface area contributed by atoms with Gasteiger partial charge in [0.05, 0.1) is 0 Å². The summed E-state index contributed by atoms with van der Waals surface area (Å²) in [6, 6.07) is 8.28. The lowest BCUT2D eigenvalue weighted by molar-refractivity contribution is -0.121. The molecule has 3 N–H and O–H groups in total. The summed E-state index contributed by atoms with van der Waals surface area (Å²) in [6.07, 6.45) is 1.25. The molecule has 0 radical (unpaired) electrons. The molecule has 1 aromatic rings. The topological polar surface area (TPSA) is 58.4 Å². The Kier molecular flexibility index (Phi) is 12.9. The number of nitrogens with one attached hydrogen (secondary N) is 1. The largest absolute Gasteiger partial charge is 0.352 e. The number of halogens is 2. The Bertz CT molecular complexity index is 386. The summed E-state index contributed by atoms with van der Waals surface area (Å²) < 4.78 is 0. The summed E-state index contributed by atoms with van der Waals surface area (Å²) in [5.74, 6) is 0.0680. The van der Waals surface area contributed by atoms with Crippen molar-refractivity contribution in [2.45, 2.75) is 25.9 Å². The molecule has 4 nitrogen and oxygen atoms in total. The molecule has 0 aliphatic rings. The molecule has 0 aliphatic heterocycles. The lowest BCUT2D eigenvalue weighted by Crippen LogP contribution is -2.23. The molecular weight excluding hydrogens is 297 g/mol. The molecule has 1 rings (SSSR count). The second kappa shape index (κ2) is 12.0. The standard InChI is InChI=1S/C14H23N3O.2ClH/c1-17(2)11-13-6-3-5-12(9-13)10-16-14(18)7-4-8-15;;/h3,5-6,9H,4,7-8,10-11,15H2,1-2H3,(H,16,18);2*1H. The van der Waals surface area contributed by atoms with Gasteiger partial charge in [-0.15, -0.1) is 24.8 Å². The highest BCUT2D eigenvalue weighted by Crippen LogP contribution is 2.07. The van der Waals surface area contributed by atoms with E-state index in [1.54, 1.807) is 0 Å². The van der Waals surface area contributed by atoms with Crippen LogP contribution < -0.4 is 11.1 Å². The zero-order valence-corrected chi connectivity index (χ0v) is 13.7. The molecule has 0 spiro atoms. The highest BCUT2D eigenvalue weighted by Gasteiger charge is 2.01. The number of carbonyl (C=O) groups excluding carboxylic acids is 1. The van der Waals surface area contributed by atoms with Crippen LogP contribution in [0.1, 0.15) is 24.0 Å². The number of hydrogen-bond donors (Lipinski definition) is 2. The quantitative estimate of drug-likeness (QED) is 0.807. The molecule has 0 saturated carbocycles. The summed E-state index contributed by atoms with van der Waals surface area (Å²) >= 11 is 0. The number of nitrogens with two attached hydrogens (primary N) is 1. The van der Waals surface area contributed by atoms with Crippen LogP contribution in [0.4, 0.5) is 0 Å². The van der Waals surface area contributed by atoms with Gasteiger partial charge in [0.2, 0.25) is 5.91 Å². The van der Waals surface area contributed by atoms with E-state index >= 15 is 0 Å². The average molecular weight is 322 g/mol. The molecule has 0 saturated heterocycles. The third-order valence-corrected chi connectivity index (χ3v) is 2.59. The third-order valence-electron chi connectivity index (χ3n) is 2.59. The Balaban J connectivity index is 0. The van der Waals surface area contributed by atoms with Gasteiger partial charge in [-0.25, -0.2) is 0 Å². The number of nitrogens with zero attached hydrogens (tertiary/aromatic N) is 1. The molecule has 20 heavy (non-hydrogen) atoms. The first kappa shape index (κ1) is 21.5. The summed E-state index contributed by atoms with van der Waals surface area (Å²) in [7, 11) is 4.09. The van der Waals surface area contributed by atoms with E-state index in [1.165, 1.54) is 5.56 Å². The molecule has 0 atom stereocenters. The maximum atomic E-state index is 11.5. The lowest BCUT2D eigenvalue weighted by Gasteiger charge is -2.11. The van der Waals surface area contributed by atoms with Gasteiger partial charge in [0.1, 0.15) is 0 Å². The molecule has 1 amide bonds. The monoisotopic (exact) mass is 321 g/mol. The van der Waals surface area contributed by atoms with Crippen molar-refractivity contribution in [3.63, 3.8) is 0 Å². The van der Waals surface area contributed by atoms with E-state index in [9.17, 15) is 4.79 Å². The zero-order valence-electron chi connectivity index (χ0n) is 12.1. The van der Waals surface area contributed by atoms with Crippen molar-refractivity contribution < 1.29 is 4.79 Å². The van der Waals surface area contributed by atoms with Gasteiger partial charge in [0.25, 0.3) is 0 Å². The van der Waals surface area contributed by atoms with Gasteiger partial charge >= 0.3 is 0 Å².